The first-order valence-electron chi connectivity index (χ1n) is 6.65. The smallest absolute Gasteiger partial charge is 0.181 e. The molecule has 0 bridgehead atoms. The fraction of sp³-hybridized carbons (Fsp3) is 0.250. The van der Waals surface area contributed by atoms with Crippen LogP contribution in [0.15, 0.2) is 36.5 Å². The summed E-state index contributed by atoms with van der Waals surface area (Å²) in [5.74, 6) is -3.23. The van der Waals surface area contributed by atoms with E-state index in [-0.39, 0.29) is 35.4 Å². The third-order valence-electron chi connectivity index (χ3n) is 3.82. The van der Waals surface area contributed by atoms with Crippen molar-refractivity contribution in [2.24, 2.45) is 0 Å². The Bertz CT molecular complexity index is 702. The van der Waals surface area contributed by atoms with Crippen molar-refractivity contribution in [3.63, 3.8) is 0 Å². The molecule has 1 aromatic heterocycles. The molecule has 2 atom stereocenters. The van der Waals surface area contributed by atoms with Crippen LogP contribution in [0.3, 0.4) is 0 Å². The molecule has 1 aliphatic rings. The lowest BCUT2D eigenvalue weighted by molar-refractivity contribution is 0.0975. The number of aromatic nitrogens is 1. The number of Topliss-reactive ketones (excluding diaryl/α,β-unsaturated/α-hetero) is 1. The van der Waals surface area contributed by atoms with E-state index >= 15 is 0 Å². The van der Waals surface area contributed by atoms with Gasteiger partial charge in [-0.25, -0.2) is 13.2 Å². The first kappa shape index (κ1) is 13.8. The molecule has 0 spiro atoms. The molecule has 0 N–H and O–H groups in total. The van der Waals surface area contributed by atoms with E-state index in [0.717, 1.165) is 6.07 Å². The van der Waals surface area contributed by atoms with Crippen LogP contribution in [0.4, 0.5) is 13.2 Å². The second kappa shape index (κ2) is 5.31. The van der Waals surface area contributed by atoms with E-state index < -0.39 is 23.7 Å². The maximum absolute atomic E-state index is 14.8. The number of carbonyl (C=O) groups is 1. The molecule has 0 fully saturated rings. The van der Waals surface area contributed by atoms with Crippen LogP contribution in [0.1, 0.15) is 46.5 Å². The third-order valence-corrected chi connectivity index (χ3v) is 3.82. The van der Waals surface area contributed by atoms with E-state index in [1.807, 2.05) is 0 Å². The van der Waals surface area contributed by atoms with E-state index in [1.54, 1.807) is 0 Å². The van der Waals surface area contributed by atoms with Crippen LogP contribution in [-0.2, 0) is 0 Å². The Kier molecular flexibility index (Phi) is 3.49. The molecule has 1 aromatic carbocycles. The normalized spacial score (nSPS) is 21.8. The van der Waals surface area contributed by atoms with Crippen LogP contribution >= 0.6 is 0 Å². The minimum Gasteiger partial charge on any atom is -0.292 e. The lowest BCUT2D eigenvalue weighted by Crippen LogP contribution is -2.10. The van der Waals surface area contributed by atoms with Crippen molar-refractivity contribution in [3.8, 4) is 0 Å². The van der Waals surface area contributed by atoms with Crippen molar-refractivity contribution < 1.29 is 18.0 Å². The molecule has 0 saturated carbocycles. The van der Waals surface area contributed by atoms with Crippen molar-refractivity contribution in [1.29, 1.82) is 0 Å². The van der Waals surface area contributed by atoms with Crippen molar-refractivity contribution in [3.05, 3.63) is 65.0 Å². The van der Waals surface area contributed by atoms with Gasteiger partial charge in [0.05, 0.1) is 0 Å². The molecule has 21 heavy (non-hydrogen) atoms. The van der Waals surface area contributed by atoms with Crippen molar-refractivity contribution in [1.82, 2.24) is 4.98 Å². The average Bonchev–Trinajstić information content (AvgIpc) is 2.62. The third kappa shape index (κ3) is 2.33. The van der Waals surface area contributed by atoms with Crippen LogP contribution in [0.2, 0.25) is 0 Å². The number of fused-ring (bicyclic) bond motifs is 1. The Morgan fingerprint density at radius 2 is 1.86 bits per heavy atom. The highest BCUT2D eigenvalue weighted by Gasteiger charge is 2.34. The highest BCUT2D eigenvalue weighted by molar-refractivity contribution is 5.96. The maximum atomic E-state index is 14.8. The SMILES string of the molecule is O=C1CC[C@H](c2cccc(F)c2F)[C@H](F)c2cccnc21. The van der Waals surface area contributed by atoms with Gasteiger partial charge in [-0.1, -0.05) is 18.2 Å². The minimum absolute atomic E-state index is 0.0352. The predicted molar refractivity (Wildman–Crippen MR) is 70.7 cm³/mol. The van der Waals surface area contributed by atoms with E-state index in [9.17, 15) is 18.0 Å². The van der Waals surface area contributed by atoms with Gasteiger partial charge in [0.1, 0.15) is 11.9 Å². The van der Waals surface area contributed by atoms with Gasteiger partial charge in [0, 0.05) is 24.1 Å². The Hall–Kier alpha value is -2.17. The number of nitrogens with zero attached hydrogens (tertiary/aromatic N) is 1. The predicted octanol–water partition coefficient (Wildman–Crippen LogP) is 4.13. The summed E-state index contributed by atoms with van der Waals surface area (Å²) in [6.45, 7) is 0. The number of pyridine rings is 1. The number of alkyl halides is 1. The van der Waals surface area contributed by atoms with Gasteiger partial charge in [-0.15, -0.1) is 0 Å². The molecular weight excluding hydrogens is 279 g/mol. The Balaban J connectivity index is 2.10. The van der Waals surface area contributed by atoms with Gasteiger partial charge in [-0.2, -0.15) is 0 Å². The molecule has 2 nitrogen and oxygen atoms in total. The molecule has 108 valence electrons. The average molecular weight is 291 g/mol. The summed E-state index contributed by atoms with van der Waals surface area (Å²) in [6, 6.07) is 6.70. The monoisotopic (exact) mass is 291 g/mol. The molecule has 0 amide bonds. The Morgan fingerprint density at radius 1 is 1.10 bits per heavy atom. The molecule has 1 heterocycles. The van der Waals surface area contributed by atoms with Gasteiger partial charge in [0.25, 0.3) is 0 Å². The van der Waals surface area contributed by atoms with Crippen LogP contribution in [-0.4, -0.2) is 10.8 Å². The Labute approximate surface area is 119 Å². The Morgan fingerprint density at radius 3 is 2.67 bits per heavy atom. The van der Waals surface area contributed by atoms with E-state index in [0.29, 0.717) is 0 Å². The molecule has 1 aliphatic carbocycles. The van der Waals surface area contributed by atoms with Crippen molar-refractivity contribution >= 4 is 5.78 Å². The maximum Gasteiger partial charge on any atom is 0.181 e. The number of benzene rings is 1. The van der Waals surface area contributed by atoms with Gasteiger partial charge in [-0.05, 0) is 24.1 Å². The van der Waals surface area contributed by atoms with E-state index in [4.69, 9.17) is 0 Å². The first-order chi connectivity index (χ1) is 10.1. The summed E-state index contributed by atoms with van der Waals surface area (Å²) >= 11 is 0. The van der Waals surface area contributed by atoms with Crippen molar-refractivity contribution in [2.45, 2.75) is 24.9 Å². The number of hydrogen-bond donors (Lipinski definition) is 0. The quantitative estimate of drug-likeness (QED) is 0.739. The molecule has 5 heteroatoms. The van der Waals surface area contributed by atoms with Crippen molar-refractivity contribution in [2.75, 3.05) is 0 Å². The second-order valence-corrected chi connectivity index (χ2v) is 5.05. The van der Waals surface area contributed by atoms with Gasteiger partial charge < -0.3 is 0 Å². The zero-order chi connectivity index (χ0) is 15.0. The largest absolute Gasteiger partial charge is 0.292 e. The van der Waals surface area contributed by atoms with Gasteiger partial charge in [0.15, 0.2) is 17.4 Å². The lowest BCUT2D eigenvalue weighted by Gasteiger charge is -2.20. The summed E-state index contributed by atoms with van der Waals surface area (Å²) in [5, 5.41) is 0. The highest BCUT2D eigenvalue weighted by atomic mass is 19.2. The minimum atomic E-state index is -1.59. The lowest BCUT2D eigenvalue weighted by atomic mass is 9.88. The molecular formula is C16H12F3NO. The number of hydrogen-bond acceptors (Lipinski definition) is 2. The summed E-state index contributed by atoms with van der Waals surface area (Å²) in [5.41, 5.74) is 0.199. The topological polar surface area (TPSA) is 30.0 Å². The van der Waals surface area contributed by atoms with E-state index in [1.165, 1.54) is 30.5 Å². The molecule has 0 unspecified atom stereocenters. The summed E-state index contributed by atoms with van der Waals surface area (Å²) < 4.78 is 42.1. The first-order valence-corrected chi connectivity index (χ1v) is 6.65. The standard InChI is InChI=1S/C16H12F3NO/c17-12-5-1-3-9(15(12)19)10-6-7-13(21)16-11(14(10)18)4-2-8-20-16/h1-5,8,10,14H,6-7H2/t10-,14+/m1/s1. The number of ketones is 1. The molecule has 2 aromatic rings. The summed E-state index contributed by atoms with van der Waals surface area (Å²) in [4.78, 5) is 15.9. The zero-order valence-electron chi connectivity index (χ0n) is 11.0. The second-order valence-electron chi connectivity index (χ2n) is 5.05. The molecule has 3 rings (SSSR count). The van der Waals surface area contributed by atoms with Crippen LogP contribution in [0.25, 0.3) is 0 Å². The zero-order valence-corrected chi connectivity index (χ0v) is 11.0. The molecule has 0 aliphatic heterocycles. The van der Waals surface area contributed by atoms with E-state index in [2.05, 4.69) is 4.98 Å². The number of halogens is 3. The van der Waals surface area contributed by atoms with Gasteiger partial charge in [-0.3, -0.25) is 9.78 Å². The number of carbonyl (C=O) groups excluding carboxylic acids is 1. The summed E-state index contributed by atoms with van der Waals surface area (Å²) in [6.07, 6.45) is 0.0189. The number of rotatable bonds is 1. The molecule has 0 radical (unpaired) electrons. The fourth-order valence-corrected chi connectivity index (χ4v) is 2.76. The fourth-order valence-electron chi connectivity index (χ4n) is 2.76. The summed E-state index contributed by atoms with van der Waals surface area (Å²) in [7, 11) is 0. The van der Waals surface area contributed by atoms with Gasteiger partial charge in [0.2, 0.25) is 0 Å². The highest BCUT2D eigenvalue weighted by Crippen LogP contribution is 2.42. The molecule has 0 saturated heterocycles. The van der Waals surface area contributed by atoms with Gasteiger partial charge >= 0.3 is 0 Å². The van der Waals surface area contributed by atoms with Crippen LogP contribution in [0.5, 0.6) is 0 Å². The van der Waals surface area contributed by atoms with Crippen LogP contribution in [0, 0.1) is 11.6 Å². The van der Waals surface area contributed by atoms with Crippen LogP contribution < -0.4 is 0 Å².